The van der Waals surface area contributed by atoms with Crippen LogP contribution in [0.1, 0.15) is 36.6 Å². The van der Waals surface area contributed by atoms with Crippen molar-refractivity contribution < 1.29 is 5.11 Å². The Balaban J connectivity index is 2.04. The van der Waals surface area contributed by atoms with E-state index in [1.807, 2.05) is 30.3 Å². The number of benzene rings is 2. The molecule has 0 amide bonds. The molecule has 1 N–H and O–H groups in total. The number of rotatable bonds is 6. The molecule has 1 atom stereocenters. The lowest BCUT2D eigenvalue weighted by atomic mass is 10.1. The lowest BCUT2D eigenvalue weighted by molar-refractivity contribution is 0.0908. The molecule has 0 fully saturated rings. The molecule has 0 heterocycles. The van der Waals surface area contributed by atoms with Gasteiger partial charge in [0.15, 0.2) is 0 Å². The number of hydrogen-bond acceptors (Lipinski definition) is 2. The Labute approximate surface area is 128 Å². The van der Waals surface area contributed by atoms with E-state index in [-0.39, 0.29) is 0 Å². The maximum atomic E-state index is 10.4. The Bertz CT molecular complexity index is 533. The van der Waals surface area contributed by atoms with Gasteiger partial charge in [0.25, 0.3) is 0 Å². The van der Waals surface area contributed by atoms with Crippen molar-refractivity contribution in [2.75, 3.05) is 6.54 Å². The summed E-state index contributed by atoms with van der Waals surface area (Å²) in [4.78, 5) is 2.31. The second-order valence-corrected chi connectivity index (χ2v) is 5.94. The summed E-state index contributed by atoms with van der Waals surface area (Å²) >= 11 is 0. The predicted molar refractivity (Wildman–Crippen MR) is 88.1 cm³/mol. The Morgan fingerprint density at radius 2 is 1.57 bits per heavy atom. The first kappa shape index (κ1) is 15.7. The van der Waals surface area contributed by atoms with Gasteiger partial charge in [0.1, 0.15) is 0 Å². The monoisotopic (exact) mass is 283 g/mol. The van der Waals surface area contributed by atoms with Gasteiger partial charge in [0.05, 0.1) is 6.10 Å². The van der Waals surface area contributed by atoms with Gasteiger partial charge in [-0.25, -0.2) is 0 Å². The molecule has 0 bridgehead atoms. The van der Waals surface area contributed by atoms with Crippen molar-refractivity contribution in [2.45, 2.75) is 39.5 Å². The minimum absolute atomic E-state index is 0.393. The van der Waals surface area contributed by atoms with E-state index in [4.69, 9.17) is 0 Å². The van der Waals surface area contributed by atoms with Crippen LogP contribution < -0.4 is 0 Å². The first-order chi connectivity index (χ1) is 10.1. The van der Waals surface area contributed by atoms with Crippen molar-refractivity contribution >= 4 is 0 Å². The molecule has 0 aromatic heterocycles. The van der Waals surface area contributed by atoms with Gasteiger partial charge in [-0.15, -0.1) is 0 Å². The second kappa shape index (κ2) is 7.39. The van der Waals surface area contributed by atoms with Gasteiger partial charge in [-0.1, -0.05) is 60.2 Å². The zero-order valence-electron chi connectivity index (χ0n) is 13.2. The highest BCUT2D eigenvalue weighted by Gasteiger charge is 2.16. The van der Waals surface area contributed by atoms with Crippen LogP contribution in [0, 0.1) is 6.92 Å². The molecule has 0 spiro atoms. The molecule has 2 nitrogen and oxygen atoms in total. The summed E-state index contributed by atoms with van der Waals surface area (Å²) < 4.78 is 0. The van der Waals surface area contributed by atoms with E-state index < -0.39 is 6.10 Å². The molecule has 0 radical (unpaired) electrons. The maximum Gasteiger partial charge on any atom is 0.0917 e. The molecule has 0 unspecified atom stereocenters. The van der Waals surface area contributed by atoms with Crippen LogP contribution >= 0.6 is 0 Å². The van der Waals surface area contributed by atoms with E-state index in [0.717, 1.165) is 12.1 Å². The van der Waals surface area contributed by atoms with Gasteiger partial charge in [-0.2, -0.15) is 0 Å². The number of aliphatic hydroxyl groups excluding tert-OH is 1. The van der Waals surface area contributed by atoms with Crippen LogP contribution in [0.2, 0.25) is 0 Å². The fraction of sp³-hybridized carbons (Fsp3) is 0.368. The normalized spacial score (nSPS) is 12.9. The molecule has 2 heteroatoms. The van der Waals surface area contributed by atoms with Crippen molar-refractivity contribution in [3.63, 3.8) is 0 Å². The van der Waals surface area contributed by atoms with E-state index in [1.54, 1.807) is 0 Å². The van der Waals surface area contributed by atoms with Gasteiger partial charge >= 0.3 is 0 Å². The van der Waals surface area contributed by atoms with E-state index in [9.17, 15) is 5.11 Å². The molecule has 2 aromatic carbocycles. The first-order valence-electron chi connectivity index (χ1n) is 7.59. The molecule has 21 heavy (non-hydrogen) atoms. The van der Waals surface area contributed by atoms with Crippen LogP contribution in [0.15, 0.2) is 54.6 Å². The van der Waals surface area contributed by atoms with E-state index in [0.29, 0.717) is 12.6 Å². The quantitative estimate of drug-likeness (QED) is 0.868. The smallest absolute Gasteiger partial charge is 0.0917 e. The molecule has 2 aromatic rings. The van der Waals surface area contributed by atoms with Crippen LogP contribution in [-0.2, 0) is 6.54 Å². The minimum Gasteiger partial charge on any atom is -0.387 e. The zero-order valence-corrected chi connectivity index (χ0v) is 13.2. The maximum absolute atomic E-state index is 10.4. The molecule has 2 rings (SSSR count). The molecule has 0 aliphatic carbocycles. The van der Waals surface area contributed by atoms with Gasteiger partial charge in [0.2, 0.25) is 0 Å². The summed E-state index contributed by atoms with van der Waals surface area (Å²) in [5.41, 5.74) is 3.54. The van der Waals surface area contributed by atoms with Crippen LogP contribution in [0.5, 0.6) is 0 Å². The van der Waals surface area contributed by atoms with Gasteiger partial charge in [-0.3, -0.25) is 4.90 Å². The van der Waals surface area contributed by atoms with Gasteiger partial charge in [-0.05, 0) is 31.9 Å². The van der Waals surface area contributed by atoms with Gasteiger partial charge < -0.3 is 5.11 Å². The van der Waals surface area contributed by atoms with Crippen molar-refractivity contribution in [3.05, 3.63) is 71.3 Å². The summed E-state index contributed by atoms with van der Waals surface area (Å²) in [7, 11) is 0. The lowest BCUT2D eigenvalue weighted by Gasteiger charge is -2.29. The number of aliphatic hydroxyl groups is 1. The molecule has 0 aliphatic heterocycles. The summed E-state index contributed by atoms with van der Waals surface area (Å²) in [6.07, 6.45) is -0.445. The summed E-state index contributed by atoms with van der Waals surface area (Å²) in [5.74, 6) is 0. The van der Waals surface area contributed by atoms with Crippen LogP contribution in [0.4, 0.5) is 0 Å². The lowest BCUT2D eigenvalue weighted by Crippen LogP contribution is -2.34. The van der Waals surface area contributed by atoms with Crippen molar-refractivity contribution in [2.24, 2.45) is 0 Å². The second-order valence-electron chi connectivity index (χ2n) is 5.94. The molecule has 112 valence electrons. The first-order valence-corrected chi connectivity index (χ1v) is 7.59. The van der Waals surface area contributed by atoms with Gasteiger partial charge in [0, 0.05) is 19.1 Å². The molecule has 0 saturated carbocycles. The SMILES string of the molecule is Cc1ccc(CN(C[C@H](O)c2ccccc2)C(C)C)cc1. The minimum atomic E-state index is -0.445. The van der Waals surface area contributed by atoms with Crippen LogP contribution in [0.25, 0.3) is 0 Å². The third-order valence-electron chi connectivity index (χ3n) is 3.83. The Morgan fingerprint density at radius 3 is 2.14 bits per heavy atom. The third-order valence-corrected chi connectivity index (χ3v) is 3.83. The average Bonchev–Trinajstić information content (AvgIpc) is 2.49. The highest BCUT2D eigenvalue weighted by molar-refractivity contribution is 5.21. The predicted octanol–water partition coefficient (Wildman–Crippen LogP) is 3.94. The summed E-state index contributed by atoms with van der Waals surface area (Å²) in [6, 6.07) is 18.9. The fourth-order valence-corrected chi connectivity index (χ4v) is 2.39. The topological polar surface area (TPSA) is 23.5 Å². The van der Waals surface area contributed by atoms with Crippen molar-refractivity contribution in [3.8, 4) is 0 Å². The third kappa shape index (κ3) is 4.69. The van der Waals surface area contributed by atoms with Crippen molar-refractivity contribution in [1.29, 1.82) is 0 Å². The standard InChI is InChI=1S/C19H25NO/c1-15(2)20(13-17-11-9-16(3)10-12-17)14-19(21)18-7-5-4-6-8-18/h4-12,15,19,21H,13-14H2,1-3H3/t19-/m0/s1. The van der Waals surface area contributed by atoms with Crippen LogP contribution in [0.3, 0.4) is 0 Å². The van der Waals surface area contributed by atoms with Crippen molar-refractivity contribution in [1.82, 2.24) is 4.90 Å². The number of nitrogens with zero attached hydrogens (tertiary/aromatic N) is 1. The molecule has 0 saturated heterocycles. The van der Waals surface area contributed by atoms with E-state index in [1.165, 1.54) is 11.1 Å². The number of aryl methyl sites for hydroxylation is 1. The summed E-state index contributed by atoms with van der Waals surface area (Å²) in [5, 5.41) is 10.4. The molecule has 0 aliphatic rings. The zero-order chi connectivity index (χ0) is 15.2. The molecular weight excluding hydrogens is 258 g/mol. The van der Waals surface area contributed by atoms with Crippen LogP contribution in [-0.4, -0.2) is 22.6 Å². The summed E-state index contributed by atoms with van der Waals surface area (Å²) in [6.45, 7) is 7.96. The van der Waals surface area contributed by atoms with E-state index in [2.05, 4.69) is 49.9 Å². The Kier molecular flexibility index (Phi) is 5.54. The Morgan fingerprint density at radius 1 is 0.952 bits per heavy atom. The molecular formula is C19H25NO. The largest absolute Gasteiger partial charge is 0.387 e. The van der Waals surface area contributed by atoms with E-state index >= 15 is 0 Å². The Hall–Kier alpha value is -1.64. The average molecular weight is 283 g/mol. The highest BCUT2D eigenvalue weighted by atomic mass is 16.3. The number of hydrogen-bond donors (Lipinski definition) is 1. The fourth-order valence-electron chi connectivity index (χ4n) is 2.39. The highest BCUT2D eigenvalue weighted by Crippen LogP contribution is 2.17.